The van der Waals surface area contributed by atoms with Crippen molar-refractivity contribution in [3.63, 3.8) is 0 Å². The van der Waals surface area contributed by atoms with Crippen LogP contribution in [0, 0.1) is 12.8 Å². The molecule has 0 aliphatic carbocycles. The van der Waals surface area contributed by atoms with Gasteiger partial charge in [-0.1, -0.05) is 32.0 Å². The van der Waals surface area contributed by atoms with Crippen LogP contribution in [-0.4, -0.2) is 30.1 Å². The van der Waals surface area contributed by atoms with E-state index < -0.39 is 0 Å². The number of aromatic amines is 1. The summed E-state index contributed by atoms with van der Waals surface area (Å²) in [4.78, 5) is 19.7. The van der Waals surface area contributed by atoms with E-state index in [1.807, 2.05) is 31.2 Å². The van der Waals surface area contributed by atoms with Gasteiger partial charge in [-0.2, -0.15) is 0 Å². The average molecular weight is 489 g/mol. The first kappa shape index (κ1) is 23.2. The number of hydrogen-bond acceptors (Lipinski definition) is 7. The van der Waals surface area contributed by atoms with E-state index in [4.69, 9.17) is 4.42 Å². The zero-order valence-corrected chi connectivity index (χ0v) is 20.8. The van der Waals surface area contributed by atoms with Crippen molar-refractivity contribution in [3.05, 3.63) is 98.1 Å². The molecular formula is C26H28N6O2S. The molecule has 0 bridgehead atoms. The zero-order chi connectivity index (χ0) is 24.4. The fourth-order valence-corrected chi connectivity index (χ4v) is 5.25. The third kappa shape index (κ3) is 5.11. The van der Waals surface area contributed by atoms with E-state index in [0.717, 1.165) is 28.1 Å². The van der Waals surface area contributed by atoms with Crippen LogP contribution in [-0.2, 0) is 19.6 Å². The Hall–Kier alpha value is -3.56. The number of nitrogens with one attached hydrogen (secondary N) is 1. The second kappa shape index (κ2) is 9.97. The molecule has 180 valence electrons. The number of benzene rings is 1. The first-order valence-corrected chi connectivity index (χ1v) is 12.5. The molecule has 0 aliphatic heterocycles. The monoisotopic (exact) mass is 488 g/mol. The number of tetrazole rings is 1. The minimum absolute atomic E-state index is 0.0723. The molecule has 4 heterocycles. The molecule has 35 heavy (non-hydrogen) atoms. The molecule has 1 atom stereocenters. The summed E-state index contributed by atoms with van der Waals surface area (Å²) in [5, 5.41) is 15.8. The number of H-pyrrole nitrogens is 1. The average Bonchev–Trinajstić information content (AvgIpc) is 3.59. The second-order valence-corrected chi connectivity index (χ2v) is 10.2. The molecule has 0 unspecified atom stereocenters. The van der Waals surface area contributed by atoms with Gasteiger partial charge in [0.2, 0.25) is 0 Å². The van der Waals surface area contributed by atoms with Gasteiger partial charge in [0, 0.05) is 29.0 Å². The van der Waals surface area contributed by atoms with Crippen LogP contribution >= 0.6 is 11.3 Å². The Morgan fingerprint density at radius 1 is 1.14 bits per heavy atom. The number of hydrogen-bond donors (Lipinski definition) is 1. The highest BCUT2D eigenvalue weighted by atomic mass is 32.1. The summed E-state index contributed by atoms with van der Waals surface area (Å²) in [5.41, 5.74) is 2.61. The Balaban J connectivity index is 1.54. The number of aromatic nitrogens is 5. The van der Waals surface area contributed by atoms with Gasteiger partial charge in [-0.3, -0.25) is 9.69 Å². The second-order valence-electron chi connectivity index (χ2n) is 9.16. The van der Waals surface area contributed by atoms with Crippen molar-refractivity contribution in [1.82, 2.24) is 30.1 Å². The number of pyridine rings is 1. The van der Waals surface area contributed by atoms with E-state index >= 15 is 0 Å². The molecule has 4 aromatic heterocycles. The molecule has 0 radical (unpaired) electrons. The minimum atomic E-state index is -0.116. The van der Waals surface area contributed by atoms with Gasteiger partial charge in [0.25, 0.3) is 5.56 Å². The van der Waals surface area contributed by atoms with Crippen molar-refractivity contribution in [2.75, 3.05) is 0 Å². The van der Waals surface area contributed by atoms with E-state index in [1.54, 1.807) is 22.3 Å². The van der Waals surface area contributed by atoms with Crippen LogP contribution < -0.4 is 5.56 Å². The van der Waals surface area contributed by atoms with Crippen molar-refractivity contribution < 1.29 is 4.42 Å². The van der Waals surface area contributed by atoms with Crippen LogP contribution in [0.5, 0.6) is 0 Å². The number of fused-ring (bicyclic) bond motifs is 1. The van der Waals surface area contributed by atoms with E-state index in [9.17, 15) is 4.79 Å². The highest BCUT2D eigenvalue weighted by molar-refractivity contribution is 7.09. The van der Waals surface area contributed by atoms with Gasteiger partial charge in [0.15, 0.2) is 5.82 Å². The summed E-state index contributed by atoms with van der Waals surface area (Å²) < 4.78 is 7.32. The summed E-state index contributed by atoms with van der Waals surface area (Å²) >= 11 is 1.70. The van der Waals surface area contributed by atoms with Crippen LogP contribution in [0.3, 0.4) is 0 Å². The normalized spacial score (nSPS) is 12.7. The Labute approximate surface area is 207 Å². The molecule has 9 heteroatoms. The van der Waals surface area contributed by atoms with Crippen LogP contribution in [0.4, 0.5) is 0 Å². The summed E-state index contributed by atoms with van der Waals surface area (Å²) in [7, 11) is 0. The standard InChI is InChI=1S/C26H28N6O2S/c1-17(2)24(25-28-29-30-32(25)15-21-6-4-10-34-21)31(16-22-7-5-11-35-22)14-20-13-19-9-8-18(3)12-23(19)27-26(20)33/h4-13,17,24H,14-16H2,1-3H3,(H,27,33)/t24-/m0/s1. The smallest absolute Gasteiger partial charge is 0.252 e. The topological polar surface area (TPSA) is 92.8 Å². The number of rotatable bonds is 9. The first-order valence-electron chi connectivity index (χ1n) is 11.7. The molecule has 0 saturated heterocycles. The predicted octanol–water partition coefficient (Wildman–Crippen LogP) is 4.93. The summed E-state index contributed by atoms with van der Waals surface area (Å²) in [5.74, 6) is 1.73. The molecule has 5 rings (SSSR count). The number of furan rings is 1. The third-order valence-electron chi connectivity index (χ3n) is 6.13. The largest absolute Gasteiger partial charge is 0.467 e. The molecule has 1 N–H and O–H groups in total. The van der Waals surface area contributed by atoms with Crippen molar-refractivity contribution in [1.29, 1.82) is 0 Å². The molecule has 0 spiro atoms. The summed E-state index contributed by atoms with van der Waals surface area (Å²) in [6.45, 7) is 7.93. The van der Waals surface area contributed by atoms with E-state index in [2.05, 4.69) is 68.9 Å². The Kier molecular flexibility index (Phi) is 6.61. The van der Waals surface area contributed by atoms with Crippen molar-refractivity contribution in [3.8, 4) is 0 Å². The van der Waals surface area contributed by atoms with Gasteiger partial charge in [0.1, 0.15) is 12.3 Å². The van der Waals surface area contributed by atoms with E-state index in [0.29, 0.717) is 25.2 Å². The maximum atomic E-state index is 13.1. The quantitative estimate of drug-likeness (QED) is 0.316. The summed E-state index contributed by atoms with van der Waals surface area (Å²) in [6.07, 6.45) is 1.65. The van der Waals surface area contributed by atoms with Gasteiger partial charge < -0.3 is 9.40 Å². The minimum Gasteiger partial charge on any atom is -0.467 e. The number of aryl methyl sites for hydroxylation is 1. The lowest BCUT2D eigenvalue weighted by Gasteiger charge is -2.33. The van der Waals surface area contributed by atoms with Gasteiger partial charge in [-0.25, -0.2) is 4.68 Å². The van der Waals surface area contributed by atoms with Crippen LogP contribution in [0.1, 0.15) is 47.5 Å². The molecule has 5 aromatic rings. The number of nitrogens with zero attached hydrogens (tertiary/aromatic N) is 5. The Morgan fingerprint density at radius 2 is 2.03 bits per heavy atom. The predicted molar refractivity (Wildman–Crippen MR) is 136 cm³/mol. The van der Waals surface area contributed by atoms with E-state index in [1.165, 1.54) is 4.88 Å². The highest BCUT2D eigenvalue weighted by Gasteiger charge is 2.30. The third-order valence-corrected chi connectivity index (χ3v) is 6.99. The van der Waals surface area contributed by atoms with Gasteiger partial charge in [0.05, 0.1) is 12.3 Å². The van der Waals surface area contributed by atoms with E-state index in [-0.39, 0.29) is 17.5 Å². The molecule has 8 nitrogen and oxygen atoms in total. The van der Waals surface area contributed by atoms with Crippen LogP contribution in [0.15, 0.2) is 69.4 Å². The van der Waals surface area contributed by atoms with Gasteiger partial charge >= 0.3 is 0 Å². The molecule has 0 amide bonds. The molecule has 0 aliphatic rings. The zero-order valence-electron chi connectivity index (χ0n) is 20.0. The lowest BCUT2D eigenvalue weighted by Crippen LogP contribution is -2.35. The van der Waals surface area contributed by atoms with Crippen LogP contribution in [0.25, 0.3) is 10.9 Å². The lowest BCUT2D eigenvalue weighted by atomic mass is 10.00. The maximum absolute atomic E-state index is 13.1. The molecule has 0 fully saturated rings. The fraction of sp³-hybridized carbons (Fsp3) is 0.308. The fourth-order valence-electron chi connectivity index (χ4n) is 4.52. The summed E-state index contributed by atoms with van der Waals surface area (Å²) in [6, 6.07) is 15.9. The Bertz CT molecular complexity index is 1450. The van der Waals surface area contributed by atoms with Crippen LogP contribution in [0.2, 0.25) is 0 Å². The maximum Gasteiger partial charge on any atom is 0.252 e. The van der Waals surface area contributed by atoms with Gasteiger partial charge in [-0.05, 0) is 69.9 Å². The van der Waals surface area contributed by atoms with Gasteiger partial charge in [-0.15, -0.1) is 16.4 Å². The highest BCUT2D eigenvalue weighted by Crippen LogP contribution is 2.31. The molecule has 1 aromatic carbocycles. The molecular weight excluding hydrogens is 460 g/mol. The van der Waals surface area contributed by atoms with Crippen molar-refractivity contribution in [2.24, 2.45) is 5.92 Å². The molecule has 0 saturated carbocycles. The number of thiophene rings is 1. The lowest BCUT2D eigenvalue weighted by molar-refractivity contribution is 0.127. The van der Waals surface area contributed by atoms with Crippen molar-refractivity contribution >= 4 is 22.2 Å². The Morgan fingerprint density at radius 3 is 2.77 bits per heavy atom. The first-order chi connectivity index (χ1) is 17.0. The van der Waals surface area contributed by atoms with Crippen molar-refractivity contribution in [2.45, 2.75) is 46.4 Å². The SMILES string of the molecule is Cc1ccc2cc(CN(Cc3cccs3)[C@H](c3nnnn3Cc3ccco3)C(C)C)c(=O)[nH]c2c1.